The lowest BCUT2D eigenvalue weighted by Gasteiger charge is -2.14. The summed E-state index contributed by atoms with van der Waals surface area (Å²) in [5.74, 6) is 2.27. The average Bonchev–Trinajstić information content (AvgIpc) is 2.68. The van der Waals surface area contributed by atoms with E-state index in [-0.39, 0.29) is 0 Å². The molecule has 0 amide bonds. The smallest absolute Gasteiger partial charge is 0.224 e. The minimum atomic E-state index is 0.626. The second-order valence-corrected chi connectivity index (χ2v) is 6.81. The summed E-state index contributed by atoms with van der Waals surface area (Å²) in [6, 6.07) is 18.3. The fraction of sp³-hybridized carbons (Fsp3) is 0.273. The molecule has 6 nitrogen and oxygen atoms in total. The Labute approximate surface area is 166 Å². The van der Waals surface area contributed by atoms with Crippen molar-refractivity contribution >= 4 is 23.1 Å². The molecule has 2 aromatic carbocycles. The van der Waals surface area contributed by atoms with Crippen LogP contribution >= 0.6 is 0 Å². The lowest BCUT2D eigenvalue weighted by molar-refractivity contribution is 0.414. The van der Waals surface area contributed by atoms with E-state index in [1.165, 1.54) is 5.56 Å². The maximum atomic E-state index is 5.19. The van der Waals surface area contributed by atoms with Crippen molar-refractivity contribution in [2.75, 3.05) is 43.3 Å². The standard InChI is InChI=1S/C22H27N5O/c1-16-15-21(25-18-7-9-19(10-8-18)27(2)3)26-22(24-16)23-14-13-17-5-11-20(28-4)12-6-17/h5-12,15H,13-14H2,1-4H3,(H2,23,24,25,26). The van der Waals surface area contributed by atoms with Gasteiger partial charge in [0.2, 0.25) is 5.95 Å². The monoisotopic (exact) mass is 377 g/mol. The Kier molecular flexibility index (Phi) is 6.32. The first-order valence-corrected chi connectivity index (χ1v) is 9.30. The molecule has 0 radical (unpaired) electrons. The van der Waals surface area contributed by atoms with E-state index in [1.807, 2.05) is 51.4 Å². The van der Waals surface area contributed by atoms with Gasteiger partial charge in [-0.25, -0.2) is 4.98 Å². The van der Waals surface area contributed by atoms with Crippen molar-refractivity contribution in [3.63, 3.8) is 0 Å². The van der Waals surface area contributed by atoms with Crippen molar-refractivity contribution in [2.45, 2.75) is 13.3 Å². The van der Waals surface area contributed by atoms with E-state index < -0.39 is 0 Å². The summed E-state index contributed by atoms with van der Waals surface area (Å²) in [4.78, 5) is 11.1. The third-order valence-electron chi connectivity index (χ3n) is 4.37. The topological polar surface area (TPSA) is 62.3 Å². The minimum absolute atomic E-state index is 0.626. The number of methoxy groups -OCH3 is 1. The normalized spacial score (nSPS) is 10.4. The summed E-state index contributed by atoms with van der Waals surface area (Å²) in [7, 11) is 5.73. The molecule has 0 aliphatic carbocycles. The predicted molar refractivity (Wildman–Crippen MR) is 116 cm³/mol. The van der Waals surface area contributed by atoms with Gasteiger partial charge < -0.3 is 20.3 Å². The molecule has 0 saturated carbocycles. The first-order chi connectivity index (χ1) is 13.5. The highest BCUT2D eigenvalue weighted by atomic mass is 16.5. The van der Waals surface area contributed by atoms with Crippen LogP contribution in [-0.2, 0) is 6.42 Å². The van der Waals surface area contributed by atoms with Crippen molar-refractivity contribution in [1.82, 2.24) is 9.97 Å². The number of nitrogens with zero attached hydrogens (tertiary/aromatic N) is 3. The van der Waals surface area contributed by atoms with Crippen LogP contribution in [-0.4, -0.2) is 37.7 Å². The molecule has 0 fully saturated rings. The Morgan fingerprint density at radius 1 is 0.964 bits per heavy atom. The van der Waals surface area contributed by atoms with Crippen molar-refractivity contribution < 1.29 is 4.74 Å². The number of anilines is 4. The van der Waals surface area contributed by atoms with Crippen LogP contribution in [0.5, 0.6) is 5.75 Å². The van der Waals surface area contributed by atoms with Gasteiger partial charge in [0.25, 0.3) is 0 Å². The van der Waals surface area contributed by atoms with E-state index in [9.17, 15) is 0 Å². The highest BCUT2D eigenvalue weighted by Crippen LogP contribution is 2.20. The van der Waals surface area contributed by atoms with E-state index >= 15 is 0 Å². The molecule has 0 bridgehead atoms. The van der Waals surface area contributed by atoms with E-state index in [0.29, 0.717) is 5.95 Å². The lowest BCUT2D eigenvalue weighted by atomic mass is 10.1. The van der Waals surface area contributed by atoms with Crippen LogP contribution in [0.15, 0.2) is 54.6 Å². The second-order valence-electron chi connectivity index (χ2n) is 6.81. The average molecular weight is 377 g/mol. The number of aromatic nitrogens is 2. The predicted octanol–water partition coefficient (Wildman–Crippen LogP) is 4.26. The number of nitrogens with one attached hydrogen (secondary N) is 2. The third kappa shape index (κ3) is 5.36. The van der Waals surface area contributed by atoms with Crippen LogP contribution in [0.25, 0.3) is 0 Å². The first-order valence-electron chi connectivity index (χ1n) is 9.30. The number of hydrogen-bond donors (Lipinski definition) is 2. The lowest BCUT2D eigenvalue weighted by Crippen LogP contribution is -2.10. The number of aryl methyl sites for hydroxylation is 1. The molecule has 0 aliphatic heterocycles. The molecule has 0 atom stereocenters. The molecule has 146 valence electrons. The zero-order valence-electron chi connectivity index (χ0n) is 16.9. The molecule has 2 N–H and O–H groups in total. The fourth-order valence-corrected chi connectivity index (χ4v) is 2.81. The molecule has 1 aromatic heterocycles. The zero-order chi connectivity index (χ0) is 19.9. The molecule has 0 spiro atoms. The van der Waals surface area contributed by atoms with Gasteiger partial charge in [0.05, 0.1) is 7.11 Å². The summed E-state index contributed by atoms with van der Waals surface area (Å²) >= 11 is 0. The van der Waals surface area contributed by atoms with Crippen molar-refractivity contribution in [2.24, 2.45) is 0 Å². The molecule has 0 aliphatic rings. The van der Waals surface area contributed by atoms with Gasteiger partial charge in [0, 0.05) is 43.8 Å². The number of rotatable bonds is 8. The van der Waals surface area contributed by atoms with Gasteiger partial charge in [-0.1, -0.05) is 12.1 Å². The van der Waals surface area contributed by atoms with Gasteiger partial charge in [-0.2, -0.15) is 4.98 Å². The Morgan fingerprint density at radius 3 is 2.32 bits per heavy atom. The van der Waals surface area contributed by atoms with E-state index in [1.54, 1.807) is 7.11 Å². The number of benzene rings is 2. The molecule has 3 aromatic rings. The second kappa shape index (κ2) is 9.08. The van der Waals surface area contributed by atoms with Crippen LogP contribution in [0.3, 0.4) is 0 Å². The molecule has 0 saturated heterocycles. The van der Waals surface area contributed by atoms with E-state index in [4.69, 9.17) is 4.74 Å². The number of hydrogen-bond acceptors (Lipinski definition) is 6. The van der Waals surface area contributed by atoms with Crippen LogP contribution in [0.4, 0.5) is 23.1 Å². The highest BCUT2D eigenvalue weighted by molar-refractivity contribution is 5.61. The molecule has 1 heterocycles. The van der Waals surface area contributed by atoms with Crippen molar-refractivity contribution in [1.29, 1.82) is 0 Å². The molecule has 3 rings (SSSR count). The third-order valence-corrected chi connectivity index (χ3v) is 4.37. The number of ether oxygens (including phenoxy) is 1. The molecule has 28 heavy (non-hydrogen) atoms. The van der Waals surface area contributed by atoms with Gasteiger partial charge >= 0.3 is 0 Å². The molecule has 6 heteroatoms. The maximum Gasteiger partial charge on any atom is 0.224 e. The maximum absolute atomic E-state index is 5.19. The van der Waals surface area contributed by atoms with Gasteiger partial charge in [0.15, 0.2) is 0 Å². The largest absolute Gasteiger partial charge is 0.497 e. The molecular formula is C22H27N5O. The van der Waals surface area contributed by atoms with Gasteiger partial charge in [-0.3, -0.25) is 0 Å². The van der Waals surface area contributed by atoms with E-state index in [2.05, 4.69) is 49.8 Å². The Bertz CT molecular complexity index is 892. The molecular weight excluding hydrogens is 350 g/mol. The highest BCUT2D eigenvalue weighted by Gasteiger charge is 2.04. The van der Waals surface area contributed by atoms with Crippen LogP contribution < -0.4 is 20.3 Å². The Balaban J connectivity index is 1.60. The van der Waals surface area contributed by atoms with Crippen LogP contribution in [0.1, 0.15) is 11.3 Å². The van der Waals surface area contributed by atoms with Crippen molar-refractivity contribution in [3.05, 3.63) is 65.9 Å². The van der Waals surface area contributed by atoms with Crippen LogP contribution in [0, 0.1) is 6.92 Å². The van der Waals surface area contributed by atoms with Gasteiger partial charge in [-0.05, 0) is 55.3 Å². The van der Waals surface area contributed by atoms with E-state index in [0.717, 1.165) is 41.6 Å². The summed E-state index contributed by atoms with van der Waals surface area (Å²) in [6.45, 7) is 2.73. The summed E-state index contributed by atoms with van der Waals surface area (Å²) in [5, 5.41) is 6.66. The van der Waals surface area contributed by atoms with Gasteiger partial charge in [-0.15, -0.1) is 0 Å². The summed E-state index contributed by atoms with van der Waals surface area (Å²) in [5.41, 5.74) is 4.30. The minimum Gasteiger partial charge on any atom is -0.497 e. The SMILES string of the molecule is COc1ccc(CCNc2nc(C)cc(Nc3ccc(N(C)C)cc3)n2)cc1. The Hall–Kier alpha value is -3.28. The summed E-state index contributed by atoms with van der Waals surface area (Å²) < 4.78 is 5.19. The zero-order valence-corrected chi connectivity index (χ0v) is 16.9. The van der Waals surface area contributed by atoms with Gasteiger partial charge in [0.1, 0.15) is 11.6 Å². The first kappa shape index (κ1) is 19.5. The molecule has 0 unspecified atom stereocenters. The summed E-state index contributed by atoms with van der Waals surface area (Å²) in [6.07, 6.45) is 0.885. The van der Waals surface area contributed by atoms with Crippen LogP contribution in [0.2, 0.25) is 0 Å². The van der Waals surface area contributed by atoms with Crippen molar-refractivity contribution in [3.8, 4) is 5.75 Å². The quantitative estimate of drug-likeness (QED) is 0.612. The fourth-order valence-electron chi connectivity index (χ4n) is 2.81. The Morgan fingerprint density at radius 2 is 1.68 bits per heavy atom.